The van der Waals surface area contributed by atoms with Crippen LogP contribution in [0.15, 0.2) is 59.5 Å². The number of nitrogens with one attached hydrogen (secondary N) is 1. The van der Waals surface area contributed by atoms with Crippen LogP contribution in [0.4, 0.5) is 4.79 Å². The van der Waals surface area contributed by atoms with Crippen LogP contribution in [0.2, 0.25) is 0 Å². The number of rotatable bonds is 13. The van der Waals surface area contributed by atoms with Crippen LogP contribution in [-0.4, -0.2) is 86.9 Å². The summed E-state index contributed by atoms with van der Waals surface area (Å²) in [4.78, 5) is 30.1. The number of methoxy groups -OCH3 is 1. The van der Waals surface area contributed by atoms with E-state index in [4.69, 9.17) is 4.74 Å². The zero-order valence-corrected chi connectivity index (χ0v) is 24.2. The maximum Gasteiger partial charge on any atom is 0.317 e. The first kappa shape index (κ1) is 30.6. The van der Waals surface area contributed by atoms with Crippen molar-refractivity contribution in [3.05, 3.63) is 65.7 Å². The highest BCUT2D eigenvalue weighted by Gasteiger charge is 2.33. The van der Waals surface area contributed by atoms with Crippen molar-refractivity contribution in [2.45, 2.75) is 57.0 Å². The normalized spacial score (nSPS) is 14.4. The molecule has 0 unspecified atom stereocenters. The van der Waals surface area contributed by atoms with Gasteiger partial charge in [0.1, 0.15) is 0 Å². The van der Waals surface area contributed by atoms with E-state index in [1.165, 1.54) is 23.5 Å². The van der Waals surface area contributed by atoms with Crippen LogP contribution >= 0.6 is 0 Å². The van der Waals surface area contributed by atoms with Gasteiger partial charge < -0.3 is 19.9 Å². The molecule has 0 radical (unpaired) electrons. The number of nitrogens with zero attached hydrogens (tertiary/aromatic N) is 3. The van der Waals surface area contributed by atoms with Crippen molar-refractivity contribution < 1.29 is 22.7 Å². The van der Waals surface area contributed by atoms with Crippen LogP contribution in [0, 0.1) is 6.92 Å². The van der Waals surface area contributed by atoms with Crippen LogP contribution in [0.3, 0.4) is 0 Å². The molecule has 0 spiro atoms. The highest BCUT2D eigenvalue weighted by molar-refractivity contribution is 7.89. The first-order valence-corrected chi connectivity index (χ1v) is 15.1. The van der Waals surface area contributed by atoms with Crippen molar-refractivity contribution in [1.29, 1.82) is 0 Å². The average Bonchev–Trinajstić information content (AvgIpc) is 2.95. The summed E-state index contributed by atoms with van der Waals surface area (Å²) in [6.07, 6.45) is 3.21. The Kier molecular flexibility index (Phi) is 11.8. The first-order chi connectivity index (χ1) is 18.8. The van der Waals surface area contributed by atoms with Gasteiger partial charge in [-0.2, -0.15) is 4.31 Å². The molecule has 0 saturated carbocycles. The van der Waals surface area contributed by atoms with Crippen LogP contribution in [0.25, 0.3) is 0 Å². The summed E-state index contributed by atoms with van der Waals surface area (Å²) < 4.78 is 33.3. The van der Waals surface area contributed by atoms with Crippen molar-refractivity contribution in [2.24, 2.45) is 0 Å². The van der Waals surface area contributed by atoms with Gasteiger partial charge in [-0.1, -0.05) is 61.4 Å². The summed E-state index contributed by atoms with van der Waals surface area (Å²) in [5.74, 6) is -0.267. The summed E-state index contributed by atoms with van der Waals surface area (Å²) in [6, 6.07) is 16.0. The minimum absolute atomic E-state index is 0.0637. The summed E-state index contributed by atoms with van der Waals surface area (Å²) in [7, 11) is -2.39. The van der Waals surface area contributed by atoms with E-state index in [1.807, 2.05) is 31.2 Å². The molecule has 39 heavy (non-hydrogen) atoms. The van der Waals surface area contributed by atoms with Crippen molar-refractivity contribution in [3.63, 3.8) is 0 Å². The van der Waals surface area contributed by atoms with Gasteiger partial charge in [0.25, 0.3) is 0 Å². The topological polar surface area (TPSA) is 99.3 Å². The maximum atomic E-state index is 13.8. The van der Waals surface area contributed by atoms with Crippen LogP contribution in [0.1, 0.15) is 43.7 Å². The summed E-state index contributed by atoms with van der Waals surface area (Å²) in [5.41, 5.74) is 2.10. The second kappa shape index (κ2) is 15.0. The van der Waals surface area contributed by atoms with Gasteiger partial charge in [0.05, 0.1) is 18.0 Å². The molecular weight excluding hydrogens is 516 g/mol. The Labute approximate surface area is 233 Å². The number of amides is 3. The molecule has 1 heterocycles. The molecule has 1 saturated heterocycles. The van der Waals surface area contributed by atoms with Crippen molar-refractivity contribution in [3.8, 4) is 0 Å². The quantitative estimate of drug-likeness (QED) is 0.379. The number of hydrogen-bond donors (Lipinski definition) is 1. The van der Waals surface area contributed by atoms with E-state index in [0.717, 1.165) is 24.0 Å². The predicted molar refractivity (Wildman–Crippen MR) is 152 cm³/mol. The summed E-state index contributed by atoms with van der Waals surface area (Å²) in [5, 5.41) is 2.96. The van der Waals surface area contributed by atoms with E-state index in [-0.39, 0.29) is 42.6 Å². The predicted octanol–water partition coefficient (Wildman–Crippen LogP) is 3.64. The van der Waals surface area contributed by atoms with Gasteiger partial charge in [-0.05, 0) is 43.9 Å². The Morgan fingerprint density at radius 2 is 1.72 bits per heavy atom. The van der Waals surface area contributed by atoms with Crippen molar-refractivity contribution in [2.75, 3.05) is 46.4 Å². The Hall–Kier alpha value is -2.95. The number of carbonyl (C=O) groups is 2. The molecule has 1 aliphatic heterocycles. The fraction of sp³-hybridized carbons (Fsp3) is 0.517. The molecule has 2 aromatic carbocycles. The van der Waals surface area contributed by atoms with Gasteiger partial charge >= 0.3 is 6.03 Å². The van der Waals surface area contributed by atoms with Gasteiger partial charge in [0.2, 0.25) is 15.9 Å². The zero-order valence-electron chi connectivity index (χ0n) is 23.3. The molecule has 1 aliphatic rings. The molecule has 0 bridgehead atoms. The van der Waals surface area contributed by atoms with Crippen molar-refractivity contribution in [1.82, 2.24) is 19.4 Å². The minimum Gasteiger partial charge on any atom is -0.383 e. The van der Waals surface area contributed by atoms with Crippen LogP contribution in [0.5, 0.6) is 0 Å². The number of unbranched alkanes of at least 4 members (excludes halogenated alkanes) is 1. The number of carbonyl (C=O) groups excluding carboxylic acids is 2. The molecule has 10 heteroatoms. The Morgan fingerprint density at radius 1 is 1.05 bits per heavy atom. The number of aryl methyl sites for hydroxylation is 1. The third kappa shape index (κ3) is 8.78. The number of piperidine rings is 1. The molecule has 0 aromatic heterocycles. The minimum atomic E-state index is -3.90. The SMILES string of the molecule is CCCCNC(=O)N1CCC(N(Cc2ccc(C)cc2)C(=O)CN(CCOC)S(=O)(=O)c2ccccc2)CC1. The number of urea groups is 1. The molecule has 1 fully saturated rings. The summed E-state index contributed by atoms with van der Waals surface area (Å²) >= 11 is 0. The second-order valence-corrected chi connectivity index (χ2v) is 11.9. The first-order valence-electron chi connectivity index (χ1n) is 13.7. The monoisotopic (exact) mass is 558 g/mol. The third-order valence-electron chi connectivity index (χ3n) is 7.03. The van der Waals surface area contributed by atoms with E-state index in [2.05, 4.69) is 12.2 Å². The highest BCUT2D eigenvalue weighted by Crippen LogP contribution is 2.22. The highest BCUT2D eigenvalue weighted by atomic mass is 32.2. The standard InChI is InChI=1S/C29H42N4O5S/c1-4-5-17-30-29(35)31-18-15-26(16-19-31)33(22-25-13-11-24(2)12-14-25)28(34)23-32(20-21-38-3)39(36,37)27-9-7-6-8-10-27/h6-14,26H,4-5,15-23H2,1-3H3,(H,30,35). The smallest absolute Gasteiger partial charge is 0.317 e. The van der Waals surface area contributed by atoms with E-state index < -0.39 is 10.0 Å². The lowest BCUT2D eigenvalue weighted by atomic mass is 10.0. The lowest BCUT2D eigenvalue weighted by Crippen LogP contribution is -2.52. The molecule has 9 nitrogen and oxygen atoms in total. The fourth-order valence-electron chi connectivity index (χ4n) is 4.64. The number of ether oxygens (including phenoxy) is 1. The molecule has 3 amide bonds. The van der Waals surface area contributed by atoms with Crippen molar-refractivity contribution >= 4 is 22.0 Å². The Morgan fingerprint density at radius 3 is 2.33 bits per heavy atom. The summed E-state index contributed by atoms with van der Waals surface area (Å²) in [6.45, 7) is 6.14. The van der Waals surface area contributed by atoms with Gasteiger partial charge in [-0.3, -0.25) is 4.79 Å². The van der Waals surface area contributed by atoms with E-state index in [0.29, 0.717) is 39.0 Å². The fourth-order valence-corrected chi connectivity index (χ4v) is 6.03. The van der Waals surface area contributed by atoms with Gasteiger partial charge in [0.15, 0.2) is 0 Å². The van der Waals surface area contributed by atoms with Crippen LogP contribution < -0.4 is 5.32 Å². The number of benzene rings is 2. The molecule has 3 rings (SSSR count). The number of likely N-dealkylation sites (tertiary alicyclic amines) is 1. The van der Waals surface area contributed by atoms with E-state index in [9.17, 15) is 18.0 Å². The average molecular weight is 559 g/mol. The molecule has 214 valence electrons. The third-order valence-corrected chi connectivity index (χ3v) is 8.89. The van der Waals surface area contributed by atoms with Gasteiger partial charge in [-0.25, -0.2) is 13.2 Å². The largest absolute Gasteiger partial charge is 0.383 e. The van der Waals surface area contributed by atoms with Gasteiger partial charge in [0, 0.05) is 45.9 Å². The van der Waals surface area contributed by atoms with E-state index in [1.54, 1.807) is 28.0 Å². The number of hydrogen-bond acceptors (Lipinski definition) is 5. The van der Waals surface area contributed by atoms with Crippen LogP contribution in [-0.2, 0) is 26.1 Å². The number of sulfonamides is 1. The maximum absolute atomic E-state index is 13.8. The Bertz CT molecular complexity index is 1150. The molecule has 0 atom stereocenters. The lowest BCUT2D eigenvalue weighted by molar-refractivity contribution is -0.135. The molecule has 1 N–H and O–H groups in total. The zero-order chi connectivity index (χ0) is 28.3. The lowest BCUT2D eigenvalue weighted by Gasteiger charge is -2.39. The van der Waals surface area contributed by atoms with E-state index >= 15 is 0 Å². The molecule has 2 aromatic rings. The van der Waals surface area contributed by atoms with Gasteiger partial charge in [-0.15, -0.1) is 0 Å². The Balaban J connectivity index is 1.78. The second-order valence-electron chi connectivity index (χ2n) is 9.96. The molecule has 0 aliphatic carbocycles. The molecular formula is C29H42N4O5S.